The molecule has 0 fully saturated rings. The average molecular weight is 381 g/mol. The molecule has 7 heteroatoms. The fourth-order valence-corrected chi connectivity index (χ4v) is 3.07. The molecule has 1 aliphatic rings. The van der Waals surface area contributed by atoms with E-state index >= 15 is 0 Å². The molecule has 1 aliphatic heterocycles. The van der Waals surface area contributed by atoms with Crippen molar-refractivity contribution in [3.63, 3.8) is 0 Å². The van der Waals surface area contributed by atoms with Gasteiger partial charge in [0.25, 0.3) is 0 Å². The van der Waals surface area contributed by atoms with Crippen LogP contribution in [0.5, 0.6) is 5.75 Å². The van der Waals surface area contributed by atoms with Gasteiger partial charge in [-0.3, -0.25) is 9.88 Å². The Balaban J connectivity index is 1.59. The number of aryl methyl sites for hydroxylation is 1. The first-order valence-electron chi connectivity index (χ1n) is 8.71. The van der Waals surface area contributed by atoms with Gasteiger partial charge in [-0.05, 0) is 42.8 Å². The van der Waals surface area contributed by atoms with Crippen LogP contribution in [0.1, 0.15) is 16.8 Å². The predicted molar refractivity (Wildman–Crippen MR) is 101 cm³/mol. The number of urea groups is 1. The van der Waals surface area contributed by atoms with Gasteiger partial charge in [0.15, 0.2) is 0 Å². The van der Waals surface area contributed by atoms with Crippen molar-refractivity contribution in [1.29, 1.82) is 0 Å². The second-order valence-corrected chi connectivity index (χ2v) is 6.45. The topological polar surface area (TPSA) is 54.5 Å². The van der Waals surface area contributed by atoms with Crippen molar-refractivity contribution in [2.24, 2.45) is 0 Å². The Morgan fingerprint density at radius 2 is 1.93 bits per heavy atom. The Hall–Kier alpha value is -3.48. The van der Waals surface area contributed by atoms with Crippen LogP contribution in [0.15, 0.2) is 54.7 Å². The molecular formula is C21H17F2N3O2. The quantitative estimate of drug-likeness (QED) is 0.706. The van der Waals surface area contributed by atoms with Crippen molar-refractivity contribution < 1.29 is 18.3 Å². The number of halogens is 2. The van der Waals surface area contributed by atoms with E-state index in [1.165, 1.54) is 18.2 Å². The maximum atomic E-state index is 13.8. The molecule has 0 atom stereocenters. The van der Waals surface area contributed by atoms with E-state index in [1.807, 2.05) is 6.92 Å². The molecule has 2 amide bonds. The summed E-state index contributed by atoms with van der Waals surface area (Å²) in [4.78, 5) is 18.4. The molecule has 2 aromatic carbocycles. The van der Waals surface area contributed by atoms with Crippen LogP contribution in [0.4, 0.5) is 25.0 Å². The van der Waals surface area contributed by atoms with Crippen LogP contribution in [-0.4, -0.2) is 11.0 Å². The predicted octanol–water partition coefficient (Wildman–Crippen LogP) is 4.80. The van der Waals surface area contributed by atoms with E-state index in [9.17, 15) is 13.6 Å². The van der Waals surface area contributed by atoms with Gasteiger partial charge >= 0.3 is 6.03 Å². The summed E-state index contributed by atoms with van der Waals surface area (Å²) in [5.74, 6) is -0.918. The van der Waals surface area contributed by atoms with Crippen LogP contribution in [0.3, 0.4) is 0 Å². The molecular weight excluding hydrogens is 364 g/mol. The van der Waals surface area contributed by atoms with E-state index in [0.29, 0.717) is 23.7 Å². The van der Waals surface area contributed by atoms with Gasteiger partial charge in [0.2, 0.25) is 0 Å². The minimum Gasteiger partial charge on any atom is -0.489 e. The highest BCUT2D eigenvalue weighted by atomic mass is 19.1. The lowest BCUT2D eigenvalue weighted by atomic mass is 10.1. The summed E-state index contributed by atoms with van der Waals surface area (Å²) in [5, 5.41) is 2.81. The molecule has 1 aromatic heterocycles. The summed E-state index contributed by atoms with van der Waals surface area (Å²) in [6.45, 7) is 1.93. The Kier molecular flexibility index (Phi) is 4.65. The van der Waals surface area contributed by atoms with Crippen molar-refractivity contribution in [2.75, 3.05) is 10.2 Å². The number of ether oxygens (including phenoxy) is 1. The van der Waals surface area contributed by atoms with Gasteiger partial charge < -0.3 is 10.1 Å². The summed E-state index contributed by atoms with van der Waals surface area (Å²) in [7, 11) is 0. The molecule has 2 heterocycles. The third kappa shape index (κ3) is 3.38. The first-order valence-corrected chi connectivity index (χ1v) is 8.71. The zero-order valence-corrected chi connectivity index (χ0v) is 15.1. The number of hydrogen-bond donors (Lipinski definition) is 1. The lowest BCUT2D eigenvalue weighted by molar-refractivity contribution is 0.255. The average Bonchev–Trinajstić information content (AvgIpc) is 2.68. The smallest absolute Gasteiger partial charge is 0.326 e. The first kappa shape index (κ1) is 17.9. The Morgan fingerprint density at radius 1 is 1.14 bits per heavy atom. The highest BCUT2D eigenvalue weighted by molar-refractivity contribution is 6.04. The molecule has 3 aromatic rings. The van der Waals surface area contributed by atoms with E-state index in [-0.39, 0.29) is 18.2 Å². The molecule has 0 saturated heterocycles. The number of amides is 2. The highest BCUT2D eigenvalue weighted by Crippen LogP contribution is 2.31. The number of carbonyl (C=O) groups excluding carboxylic acids is 1. The molecule has 0 spiro atoms. The maximum absolute atomic E-state index is 13.8. The van der Waals surface area contributed by atoms with E-state index in [2.05, 4.69) is 10.3 Å². The molecule has 0 unspecified atom stereocenters. The number of aromatic nitrogens is 1. The van der Waals surface area contributed by atoms with Gasteiger partial charge in [-0.25, -0.2) is 13.6 Å². The number of rotatable bonds is 4. The number of carbonyl (C=O) groups is 1. The molecule has 4 rings (SSSR count). The number of nitrogens with zero attached hydrogens (tertiary/aromatic N) is 2. The number of pyridine rings is 1. The highest BCUT2D eigenvalue weighted by Gasteiger charge is 2.26. The van der Waals surface area contributed by atoms with Crippen molar-refractivity contribution in [1.82, 2.24) is 4.98 Å². The molecule has 0 radical (unpaired) electrons. The lowest BCUT2D eigenvalue weighted by Gasteiger charge is -2.30. The van der Waals surface area contributed by atoms with Gasteiger partial charge in [0.05, 0.1) is 29.2 Å². The SMILES string of the molecule is Cc1ccc(OCc2c(F)cccc2F)cc1N1Cc2ncccc2NC1=O. The van der Waals surface area contributed by atoms with Crippen LogP contribution >= 0.6 is 0 Å². The van der Waals surface area contributed by atoms with Crippen molar-refractivity contribution in [3.8, 4) is 5.75 Å². The lowest BCUT2D eigenvalue weighted by Crippen LogP contribution is -2.39. The number of hydrogen-bond acceptors (Lipinski definition) is 3. The van der Waals surface area contributed by atoms with Crippen molar-refractivity contribution in [3.05, 3.63) is 83.2 Å². The Bertz CT molecular complexity index is 1040. The van der Waals surface area contributed by atoms with Gasteiger partial charge in [-0.15, -0.1) is 0 Å². The summed E-state index contributed by atoms with van der Waals surface area (Å²) in [5.41, 5.74) is 2.79. The van der Waals surface area contributed by atoms with Crippen molar-refractivity contribution in [2.45, 2.75) is 20.1 Å². The maximum Gasteiger partial charge on any atom is 0.326 e. The minimum atomic E-state index is -0.662. The molecule has 0 bridgehead atoms. The van der Waals surface area contributed by atoms with Gasteiger partial charge in [-0.2, -0.15) is 0 Å². The third-order valence-corrected chi connectivity index (χ3v) is 4.60. The zero-order chi connectivity index (χ0) is 19.7. The molecule has 142 valence electrons. The monoisotopic (exact) mass is 381 g/mol. The fourth-order valence-electron chi connectivity index (χ4n) is 3.07. The number of nitrogens with one attached hydrogen (secondary N) is 1. The van der Waals surface area contributed by atoms with Crippen LogP contribution in [-0.2, 0) is 13.2 Å². The summed E-state index contributed by atoms with van der Waals surface area (Å²) < 4.78 is 33.2. The molecule has 28 heavy (non-hydrogen) atoms. The third-order valence-electron chi connectivity index (χ3n) is 4.60. The molecule has 1 N–H and O–H groups in total. The van der Waals surface area contributed by atoms with Crippen LogP contribution in [0.2, 0.25) is 0 Å². The Morgan fingerprint density at radius 3 is 2.71 bits per heavy atom. The summed E-state index contributed by atoms with van der Waals surface area (Å²) >= 11 is 0. The second-order valence-electron chi connectivity index (χ2n) is 6.45. The van der Waals surface area contributed by atoms with Gasteiger partial charge in [0.1, 0.15) is 24.0 Å². The van der Waals surface area contributed by atoms with Crippen LogP contribution < -0.4 is 15.0 Å². The molecule has 0 saturated carbocycles. The van der Waals surface area contributed by atoms with E-state index in [1.54, 1.807) is 41.4 Å². The second kappa shape index (κ2) is 7.26. The number of anilines is 2. The van der Waals surface area contributed by atoms with Gasteiger partial charge in [0, 0.05) is 12.3 Å². The molecule has 0 aliphatic carbocycles. The minimum absolute atomic E-state index is 0.140. The summed E-state index contributed by atoms with van der Waals surface area (Å²) in [6, 6.07) is 12.1. The fraction of sp³-hybridized carbons (Fsp3) is 0.143. The standard InChI is InChI=1S/C21H17F2N3O2/c1-13-7-8-14(28-12-15-16(22)4-2-5-17(15)23)10-20(13)26-11-19-18(25-21(26)27)6-3-9-24-19/h2-10H,11-12H2,1H3,(H,25,27). The largest absolute Gasteiger partial charge is 0.489 e. The van der Waals surface area contributed by atoms with Crippen molar-refractivity contribution >= 4 is 17.4 Å². The number of fused-ring (bicyclic) bond motifs is 1. The normalized spacial score (nSPS) is 13.1. The molecule has 5 nitrogen and oxygen atoms in total. The first-order chi connectivity index (χ1) is 13.5. The number of benzene rings is 2. The van der Waals surface area contributed by atoms with Crippen LogP contribution in [0, 0.1) is 18.6 Å². The van der Waals surface area contributed by atoms with E-state index < -0.39 is 11.6 Å². The van der Waals surface area contributed by atoms with Gasteiger partial charge in [-0.1, -0.05) is 12.1 Å². The van der Waals surface area contributed by atoms with E-state index in [0.717, 1.165) is 11.3 Å². The van der Waals surface area contributed by atoms with E-state index in [4.69, 9.17) is 4.74 Å². The zero-order valence-electron chi connectivity index (χ0n) is 15.1. The van der Waals surface area contributed by atoms with Crippen LogP contribution in [0.25, 0.3) is 0 Å². The Labute approximate surface area is 160 Å². The summed E-state index contributed by atoms with van der Waals surface area (Å²) in [6.07, 6.45) is 1.67.